The standard InChI is InChI=1S/C16H10N2O6S3/c19-15-13(26-16(25)17-15)9-10-5-7-11(8-6-10)24-27(22,23)14-4-2-1-3-12(14)18(20)21/h1-9H,(H,17,19,25)/b13-9+. The molecule has 1 saturated heterocycles. The second kappa shape index (κ2) is 7.47. The molecule has 0 aromatic heterocycles. The van der Waals surface area contributed by atoms with E-state index in [1.54, 1.807) is 18.2 Å². The zero-order chi connectivity index (χ0) is 19.6. The summed E-state index contributed by atoms with van der Waals surface area (Å²) in [4.78, 5) is 21.7. The van der Waals surface area contributed by atoms with Crippen LogP contribution in [0.1, 0.15) is 5.56 Å². The van der Waals surface area contributed by atoms with E-state index in [2.05, 4.69) is 5.32 Å². The molecule has 0 radical (unpaired) electrons. The number of carbonyl (C=O) groups is 1. The van der Waals surface area contributed by atoms with E-state index < -0.39 is 25.6 Å². The first-order valence-corrected chi connectivity index (χ1v) is 9.92. The highest BCUT2D eigenvalue weighted by Crippen LogP contribution is 2.28. The van der Waals surface area contributed by atoms with Crippen LogP contribution in [0.3, 0.4) is 0 Å². The predicted octanol–water partition coefficient (Wildman–Crippen LogP) is 2.85. The van der Waals surface area contributed by atoms with E-state index in [0.717, 1.165) is 23.9 Å². The van der Waals surface area contributed by atoms with Gasteiger partial charge in [0.2, 0.25) is 0 Å². The fourth-order valence-electron chi connectivity index (χ4n) is 2.18. The van der Waals surface area contributed by atoms with Crippen molar-refractivity contribution >= 4 is 56.1 Å². The van der Waals surface area contributed by atoms with E-state index in [1.807, 2.05) is 0 Å². The van der Waals surface area contributed by atoms with Crippen molar-refractivity contribution in [2.45, 2.75) is 4.90 Å². The number of rotatable bonds is 5. The summed E-state index contributed by atoms with van der Waals surface area (Å²) in [6.45, 7) is 0. The molecule has 27 heavy (non-hydrogen) atoms. The van der Waals surface area contributed by atoms with Gasteiger partial charge in [0.25, 0.3) is 11.6 Å². The molecule has 1 fully saturated rings. The van der Waals surface area contributed by atoms with Crippen molar-refractivity contribution in [3.63, 3.8) is 0 Å². The molecule has 0 bridgehead atoms. The average Bonchev–Trinajstić information content (AvgIpc) is 2.93. The van der Waals surface area contributed by atoms with Gasteiger partial charge < -0.3 is 9.50 Å². The largest absolute Gasteiger partial charge is 0.379 e. The first-order valence-electron chi connectivity index (χ1n) is 7.29. The van der Waals surface area contributed by atoms with Crippen LogP contribution >= 0.6 is 24.0 Å². The highest BCUT2D eigenvalue weighted by molar-refractivity contribution is 8.26. The van der Waals surface area contributed by atoms with Gasteiger partial charge in [0, 0.05) is 6.07 Å². The highest BCUT2D eigenvalue weighted by Gasteiger charge is 2.27. The van der Waals surface area contributed by atoms with Gasteiger partial charge in [0.1, 0.15) is 10.1 Å². The Kier molecular flexibility index (Phi) is 5.26. The van der Waals surface area contributed by atoms with Gasteiger partial charge in [0.15, 0.2) is 4.90 Å². The zero-order valence-electron chi connectivity index (χ0n) is 13.3. The molecule has 0 unspecified atom stereocenters. The number of nitrogens with one attached hydrogen (secondary N) is 1. The van der Waals surface area contributed by atoms with Gasteiger partial charge in [-0.1, -0.05) is 48.2 Å². The second-order valence-corrected chi connectivity index (χ2v) is 8.42. The maximum absolute atomic E-state index is 12.4. The van der Waals surface area contributed by atoms with Crippen LogP contribution in [0.2, 0.25) is 0 Å². The minimum atomic E-state index is -4.38. The number of thiocarbonyl (C=S) groups is 1. The lowest BCUT2D eigenvalue weighted by molar-refractivity contribution is -0.387. The molecule has 11 heteroatoms. The fraction of sp³-hybridized carbons (Fsp3) is 0. The number of nitro benzene ring substituents is 1. The molecule has 1 aliphatic rings. The van der Waals surface area contributed by atoms with Gasteiger partial charge in [-0.25, -0.2) is 0 Å². The normalized spacial score (nSPS) is 15.6. The third-order valence-corrected chi connectivity index (χ3v) is 5.82. The maximum atomic E-state index is 12.4. The number of benzene rings is 2. The molecule has 138 valence electrons. The number of hydrogen-bond acceptors (Lipinski definition) is 8. The summed E-state index contributed by atoms with van der Waals surface area (Å²) < 4.78 is 30.1. The molecular weight excluding hydrogens is 412 g/mol. The van der Waals surface area contributed by atoms with Crippen molar-refractivity contribution in [2.75, 3.05) is 0 Å². The summed E-state index contributed by atoms with van der Waals surface area (Å²) in [6, 6.07) is 10.8. The number of thioether (sulfide) groups is 1. The van der Waals surface area contributed by atoms with E-state index in [1.165, 1.54) is 24.3 Å². The molecule has 1 N–H and O–H groups in total. The molecule has 0 spiro atoms. The monoisotopic (exact) mass is 422 g/mol. The first kappa shape index (κ1) is 19.0. The van der Waals surface area contributed by atoms with Crippen molar-refractivity contribution in [1.29, 1.82) is 0 Å². The topological polar surface area (TPSA) is 116 Å². The lowest BCUT2D eigenvalue weighted by atomic mass is 10.2. The van der Waals surface area contributed by atoms with Gasteiger partial charge >= 0.3 is 10.1 Å². The summed E-state index contributed by atoms with van der Waals surface area (Å²) in [5.41, 5.74) is 0.0619. The Bertz CT molecular complexity index is 1080. The Morgan fingerprint density at radius 1 is 1.15 bits per heavy atom. The Morgan fingerprint density at radius 2 is 1.81 bits per heavy atom. The van der Waals surface area contributed by atoms with Crippen LogP contribution in [0, 0.1) is 10.1 Å². The summed E-state index contributed by atoms with van der Waals surface area (Å²) in [6.07, 6.45) is 1.60. The first-order chi connectivity index (χ1) is 12.8. The molecule has 1 amide bonds. The van der Waals surface area contributed by atoms with E-state index in [9.17, 15) is 23.3 Å². The van der Waals surface area contributed by atoms with Crippen LogP contribution in [0.25, 0.3) is 6.08 Å². The lowest BCUT2D eigenvalue weighted by Gasteiger charge is -2.07. The fourth-order valence-corrected chi connectivity index (χ4v) is 4.33. The van der Waals surface area contributed by atoms with Crippen LogP contribution in [0.4, 0.5) is 5.69 Å². The zero-order valence-corrected chi connectivity index (χ0v) is 15.8. The number of hydrogen-bond donors (Lipinski definition) is 1. The smallest absolute Gasteiger partial charge is 0.346 e. The van der Waals surface area contributed by atoms with Crippen LogP contribution in [0.5, 0.6) is 5.75 Å². The van der Waals surface area contributed by atoms with Gasteiger partial charge in [-0.15, -0.1) is 0 Å². The Balaban J connectivity index is 1.83. The van der Waals surface area contributed by atoms with Crippen molar-refractivity contribution in [2.24, 2.45) is 0 Å². The quantitative estimate of drug-likeness (QED) is 0.257. The third-order valence-electron chi connectivity index (χ3n) is 3.36. The summed E-state index contributed by atoms with van der Waals surface area (Å²) in [5, 5.41) is 13.5. The molecule has 0 aliphatic carbocycles. The number of nitro groups is 1. The molecule has 3 rings (SSSR count). The van der Waals surface area contributed by atoms with Crippen LogP contribution in [0.15, 0.2) is 58.3 Å². The molecule has 2 aromatic rings. The third kappa shape index (κ3) is 4.32. The summed E-state index contributed by atoms with van der Waals surface area (Å²) in [7, 11) is -4.38. The van der Waals surface area contributed by atoms with Crippen LogP contribution < -0.4 is 9.50 Å². The van der Waals surface area contributed by atoms with Crippen molar-refractivity contribution in [3.05, 3.63) is 69.1 Å². The van der Waals surface area contributed by atoms with E-state index in [-0.39, 0.29) is 11.7 Å². The average molecular weight is 422 g/mol. The maximum Gasteiger partial charge on any atom is 0.346 e. The van der Waals surface area contributed by atoms with E-state index >= 15 is 0 Å². The number of amides is 1. The number of nitrogens with zero attached hydrogens (tertiary/aromatic N) is 1. The molecule has 0 saturated carbocycles. The van der Waals surface area contributed by atoms with Gasteiger partial charge in [-0.05, 0) is 29.8 Å². The van der Waals surface area contributed by atoms with Gasteiger partial charge in [-0.3, -0.25) is 14.9 Å². The molecule has 1 aliphatic heterocycles. The second-order valence-electron chi connectivity index (χ2n) is 5.18. The van der Waals surface area contributed by atoms with Crippen molar-refractivity contribution < 1.29 is 22.3 Å². The predicted molar refractivity (Wildman–Crippen MR) is 104 cm³/mol. The van der Waals surface area contributed by atoms with Gasteiger partial charge in [0.05, 0.1) is 9.83 Å². The number of carbonyl (C=O) groups excluding carboxylic acids is 1. The van der Waals surface area contributed by atoms with Crippen LogP contribution in [-0.4, -0.2) is 23.6 Å². The summed E-state index contributed by atoms with van der Waals surface area (Å²) >= 11 is 6.03. The lowest BCUT2D eigenvalue weighted by Crippen LogP contribution is -2.17. The highest BCUT2D eigenvalue weighted by atomic mass is 32.2. The van der Waals surface area contributed by atoms with Gasteiger partial charge in [-0.2, -0.15) is 8.42 Å². The number of para-hydroxylation sites is 1. The molecule has 2 aromatic carbocycles. The Labute approximate surface area is 163 Å². The molecular formula is C16H10N2O6S3. The van der Waals surface area contributed by atoms with Crippen LogP contribution in [-0.2, 0) is 14.9 Å². The van der Waals surface area contributed by atoms with E-state index in [0.29, 0.717) is 14.8 Å². The minimum Gasteiger partial charge on any atom is -0.379 e. The van der Waals surface area contributed by atoms with E-state index in [4.69, 9.17) is 16.4 Å². The Morgan fingerprint density at radius 3 is 2.41 bits per heavy atom. The molecule has 0 atom stereocenters. The summed E-state index contributed by atoms with van der Waals surface area (Å²) in [5.74, 6) is -0.321. The molecule has 8 nitrogen and oxygen atoms in total. The van der Waals surface area contributed by atoms with Crippen molar-refractivity contribution in [1.82, 2.24) is 5.32 Å². The SMILES string of the molecule is O=C1NC(=S)S/C1=C/c1ccc(OS(=O)(=O)c2ccccc2[N+](=O)[O-])cc1. The van der Waals surface area contributed by atoms with Crippen molar-refractivity contribution in [3.8, 4) is 5.75 Å². The minimum absolute atomic E-state index is 0.0191. The molecule has 1 heterocycles. The Hall–Kier alpha value is -2.76.